The summed E-state index contributed by atoms with van der Waals surface area (Å²) >= 11 is 0. The number of hydrogen-bond acceptors (Lipinski definition) is 5. The van der Waals surface area contributed by atoms with Crippen LogP contribution in [0.5, 0.6) is 0 Å². The molecule has 0 spiro atoms. The van der Waals surface area contributed by atoms with Crippen molar-refractivity contribution < 1.29 is 14.6 Å². The van der Waals surface area contributed by atoms with E-state index in [0.29, 0.717) is 45.6 Å². The van der Waals surface area contributed by atoms with Crippen LogP contribution in [-0.2, 0) is 9.53 Å². The Kier molecular flexibility index (Phi) is 6.22. The van der Waals surface area contributed by atoms with Crippen molar-refractivity contribution in [1.82, 2.24) is 9.80 Å². The van der Waals surface area contributed by atoms with Gasteiger partial charge in [-0.25, -0.2) is 0 Å². The average Bonchev–Trinajstić information content (AvgIpc) is 2.35. The number of rotatable bonds is 6. The van der Waals surface area contributed by atoms with E-state index in [4.69, 9.17) is 10.00 Å². The summed E-state index contributed by atoms with van der Waals surface area (Å²) in [7, 11) is 3.51. The second-order valence-corrected chi connectivity index (χ2v) is 5.23. The normalized spacial score (nSPS) is 18.1. The minimum absolute atomic E-state index is 0.0339. The van der Waals surface area contributed by atoms with Crippen LogP contribution in [0.1, 0.15) is 19.3 Å². The molecule has 0 atom stereocenters. The molecule has 0 saturated carbocycles. The summed E-state index contributed by atoms with van der Waals surface area (Å²) in [4.78, 5) is 15.3. The Balaban J connectivity index is 2.35. The Morgan fingerprint density at radius 1 is 1.42 bits per heavy atom. The fraction of sp³-hybridized carbons (Fsp3) is 0.846. The number of nitrogens with zero attached hydrogens (tertiary/aromatic N) is 3. The second kappa shape index (κ2) is 7.43. The number of nitriles is 1. The predicted octanol–water partition coefficient (Wildman–Crippen LogP) is -0.168. The summed E-state index contributed by atoms with van der Waals surface area (Å²) in [5.74, 6) is -0.0339. The van der Waals surface area contributed by atoms with Crippen molar-refractivity contribution in [2.75, 3.05) is 46.9 Å². The van der Waals surface area contributed by atoms with Crippen molar-refractivity contribution >= 4 is 5.91 Å². The summed E-state index contributed by atoms with van der Waals surface area (Å²) in [5, 5.41) is 18.8. The largest absolute Gasteiger partial charge is 0.388 e. The van der Waals surface area contributed by atoms with Crippen LogP contribution < -0.4 is 0 Å². The lowest BCUT2D eigenvalue weighted by atomic mass is 9.94. The SMILES string of the molecule is CN(CC(=O)N(C)CCC#N)CC1(O)CCOCC1. The van der Waals surface area contributed by atoms with Crippen LogP contribution in [0.15, 0.2) is 0 Å². The van der Waals surface area contributed by atoms with Gasteiger partial charge in [0.2, 0.25) is 5.91 Å². The van der Waals surface area contributed by atoms with Crippen LogP contribution in [-0.4, -0.2) is 73.4 Å². The third-order valence-electron chi connectivity index (χ3n) is 3.38. The number of carbonyl (C=O) groups is 1. The molecule has 1 aliphatic heterocycles. The maximum absolute atomic E-state index is 11.9. The monoisotopic (exact) mass is 269 g/mol. The molecule has 6 nitrogen and oxygen atoms in total. The van der Waals surface area contributed by atoms with Crippen molar-refractivity contribution in [3.8, 4) is 6.07 Å². The summed E-state index contributed by atoms with van der Waals surface area (Å²) in [6, 6.07) is 2.02. The summed E-state index contributed by atoms with van der Waals surface area (Å²) in [6.07, 6.45) is 1.55. The van der Waals surface area contributed by atoms with E-state index in [1.54, 1.807) is 11.9 Å². The molecule has 1 fully saturated rings. The van der Waals surface area contributed by atoms with Gasteiger partial charge in [-0.15, -0.1) is 0 Å². The van der Waals surface area contributed by atoms with Gasteiger partial charge in [0.05, 0.1) is 24.6 Å². The fourth-order valence-electron chi connectivity index (χ4n) is 2.16. The van der Waals surface area contributed by atoms with Gasteiger partial charge in [-0.3, -0.25) is 9.69 Å². The molecule has 108 valence electrons. The first-order chi connectivity index (χ1) is 8.97. The van der Waals surface area contributed by atoms with Gasteiger partial charge in [-0.05, 0) is 7.05 Å². The molecule has 1 heterocycles. The van der Waals surface area contributed by atoms with E-state index in [1.807, 2.05) is 18.0 Å². The standard InChI is InChI=1S/C13H23N3O3/c1-15(10-12(17)16(2)7-3-6-14)11-13(18)4-8-19-9-5-13/h18H,3-5,7-11H2,1-2H3. The number of hydrogen-bond donors (Lipinski definition) is 1. The van der Waals surface area contributed by atoms with Crippen molar-refractivity contribution in [2.24, 2.45) is 0 Å². The number of likely N-dealkylation sites (N-methyl/N-ethyl adjacent to an activating group) is 2. The Bertz CT molecular complexity index is 335. The van der Waals surface area contributed by atoms with Crippen molar-refractivity contribution in [3.63, 3.8) is 0 Å². The third kappa shape index (κ3) is 5.55. The van der Waals surface area contributed by atoms with Crippen LogP contribution in [0.3, 0.4) is 0 Å². The molecule has 0 unspecified atom stereocenters. The van der Waals surface area contributed by atoms with E-state index in [0.717, 1.165) is 0 Å². The van der Waals surface area contributed by atoms with Crippen LogP contribution in [0.25, 0.3) is 0 Å². The van der Waals surface area contributed by atoms with Gasteiger partial charge in [0, 0.05) is 46.2 Å². The average molecular weight is 269 g/mol. The lowest BCUT2D eigenvalue weighted by Crippen LogP contribution is -2.48. The highest BCUT2D eigenvalue weighted by molar-refractivity contribution is 5.77. The minimum Gasteiger partial charge on any atom is -0.388 e. The molecule has 0 aromatic heterocycles. The van der Waals surface area contributed by atoms with Crippen molar-refractivity contribution in [2.45, 2.75) is 24.9 Å². The molecule has 1 amide bonds. The highest BCUT2D eigenvalue weighted by Crippen LogP contribution is 2.21. The van der Waals surface area contributed by atoms with E-state index in [-0.39, 0.29) is 12.5 Å². The molecule has 0 aromatic rings. The quantitative estimate of drug-likeness (QED) is 0.724. The Labute approximate surface area is 114 Å². The van der Waals surface area contributed by atoms with E-state index in [1.165, 1.54) is 0 Å². The maximum Gasteiger partial charge on any atom is 0.236 e. The van der Waals surface area contributed by atoms with Gasteiger partial charge in [0.1, 0.15) is 0 Å². The Morgan fingerprint density at radius 2 is 2.05 bits per heavy atom. The molecule has 1 aliphatic rings. The van der Waals surface area contributed by atoms with Crippen LogP contribution in [0, 0.1) is 11.3 Å². The van der Waals surface area contributed by atoms with Gasteiger partial charge in [0.25, 0.3) is 0 Å². The zero-order valence-electron chi connectivity index (χ0n) is 11.8. The molecule has 1 N–H and O–H groups in total. The number of aliphatic hydroxyl groups is 1. The van der Waals surface area contributed by atoms with E-state index >= 15 is 0 Å². The van der Waals surface area contributed by atoms with Gasteiger partial charge < -0.3 is 14.7 Å². The highest BCUT2D eigenvalue weighted by Gasteiger charge is 2.31. The van der Waals surface area contributed by atoms with E-state index in [9.17, 15) is 9.90 Å². The number of ether oxygens (including phenoxy) is 1. The van der Waals surface area contributed by atoms with Crippen LogP contribution >= 0.6 is 0 Å². The third-order valence-corrected chi connectivity index (χ3v) is 3.38. The Hall–Kier alpha value is -1.16. The molecule has 0 aliphatic carbocycles. The van der Waals surface area contributed by atoms with Gasteiger partial charge >= 0.3 is 0 Å². The second-order valence-electron chi connectivity index (χ2n) is 5.23. The van der Waals surface area contributed by atoms with Crippen molar-refractivity contribution in [1.29, 1.82) is 5.26 Å². The van der Waals surface area contributed by atoms with Crippen LogP contribution in [0.2, 0.25) is 0 Å². The Morgan fingerprint density at radius 3 is 2.63 bits per heavy atom. The molecule has 0 aromatic carbocycles. The van der Waals surface area contributed by atoms with Crippen LogP contribution in [0.4, 0.5) is 0 Å². The first kappa shape index (κ1) is 15.9. The van der Waals surface area contributed by atoms with Gasteiger partial charge in [-0.1, -0.05) is 0 Å². The van der Waals surface area contributed by atoms with Gasteiger partial charge in [0.15, 0.2) is 0 Å². The summed E-state index contributed by atoms with van der Waals surface area (Å²) in [5.41, 5.74) is -0.751. The molecule has 0 bridgehead atoms. The molecule has 19 heavy (non-hydrogen) atoms. The first-order valence-corrected chi connectivity index (χ1v) is 6.56. The number of amides is 1. The zero-order valence-corrected chi connectivity index (χ0v) is 11.8. The molecular formula is C13H23N3O3. The summed E-state index contributed by atoms with van der Waals surface area (Å²) in [6.45, 7) is 2.31. The van der Waals surface area contributed by atoms with E-state index < -0.39 is 5.60 Å². The molecule has 6 heteroatoms. The highest BCUT2D eigenvalue weighted by atomic mass is 16.5. The smallest absolute Gasteiger partial charge is 0.236 e. The fourth-order valence-corrected chi connectivity index (χ4v) is 2.16. The maximum atomic E-state index is 11.9. The molecule has 1 rings (SSSR count). The van der Waals surface area contributed by atoms with Crippen molar-refractivity contribution in [3.05, 3.63) is 0 Å². The molecule has 0 radical (unpaired) electrons. The number of carbonyl (C=O) groups excluding carboxylic acids is 1. The van der Waals surface area contributed by atoms with E-state index in [2.05, 4.69) is 0 Å². The van der Waals surface area contributed by atoms with Gasteiger partial charge in [-0.2, -0.15) is 5.26 Å². The lowest BCUT2D eigenvalue weighted by molar-refractivity contribution is -0.132. The molecular weight excluding hydrogens is 246 g/mol. The summed E-state index contributed by atoms with van der Waals surface area (Å²) < 4.78 is 5.23. The topological polar surface area (TPSA) is 76.8 Å². The lowest BCUT2D eigenvalue weighted by Gasteiger charge is -2.35. The first-order valence-electron chi connectivity index (χ1n) is 6.56. The molecule has 1 saturated heterocycles. The zero-order chi connectivity index (χ0) is 14.3. The minimum atomic E-state index is -0.751. The predicted molar refractivity (Wildman–Crippen MR) is 70.4 cm³/mol.